The van der Waals surface area contributed by atoms with Crippen molar-refractivity contribution in [2.45, 2.75) is 38.9 Å². The van der Waals surface area contributed by atoms with Crippen molar-refractivity contribution in [3.05, 3.63) is 54.7 Å². The first-order valence-corrected chi connectivity index (χ1v) is 12.2. The van der Waals surface area contributed by atoms with Crippen LogP contribution in [0.15, 0.2) is 54.7 Å². The Balaban J connectivity index is 1.70. The molecular formula is C22H25N3OSi. The zero-order chi connectivity index (χ0) is 19.2. The molecule has 0 radical (unpaired) electrons. The average molecular weight is 376 g/mol. The summed E-state index contributed by atoms with van der Waals surface area (Å²) in [5.41, 5.74) is 4.69. The minimum Gasteiger partial charge on any atom is -0.543 e. The summed E-state index contributed by atoms with van der Waals surface area (Å²) in [6, 6.07) is 16.3. The van der Waals surface area contributed by atoms with Gasteiger partial charge in [-0.25, -0.2) is 4.98 Å². The summed E-state index contributed by atoms with van der Waals surface area (Å²) < 4.78 is 6.44. The highest BCUT2D eigenvalue weighted by Crippen LogP contribution is 2.38. The summed E-state index contributed by atoms with van der Waals surface area (Å²) in [6.07, 6.45) is 1.82. The fraction of sp³-hybridized carbons (Fsp3) is 0.273. The molecule has 2 heterocycles. The van der Waals surface area contributed by atoms with E-state index in [2.05, 4.69) is 68.1 Å². The Kier molecular flexibility index (Phi) is 4.07. The van der Waals surface area contributed by atoms with Gasteiger partial charge in [-0.2, -0.15) is 0 Å². The van der Waals surface area contributed by atoms with Gasteiger partial charge < -0.3 is 9.41 Å². The number of nitrogens with zero attached hydrogens (tertiary/aromatic N) is 2. The molecule has 0 saturated heterocycles. The number of benzene rings is 2. The van der Waals surface area contributed by atoms with Crippen molar-refractivity contribution in [1.29, 1.82) is 0 Å². The van der Waals surface area contributed by atoms with Crippen molar-refractivity contribution in [3.63, 3.8) is 0 Å². The molecule has 0 amide bonds. The number of rotatable bonds is 3. The van der Waals surface area contributed by atoms with Crippen LogP contribution in [0.25, 0.3) is 33.3 Å². The normalized spacial score (nSPS) is 12.6. The molecule has 0 spiro atoms. The van der Waals surface area contributed by atoms with Gasteiger partial charge in [0, 0.05) is 10.9 Å². The van der Waals surface area contributed by atoms with Gasteiger partial charge in [0.1, 0.15) is 11.4 Å². The molecule has 2 aromatic carbocycles. The van der Waals surface area contributed by atoms with E-state index >= 15 is 0 Å². The highest BCUT2D eigenvalue weighted by molar-refractivity contribution is 6.74. The predicted octanol–water partition coefficient (Wildman–Crippen LogP) is 6.16. The third-order valence-corrected chi connectivity index (χ3v) is 9.85. The maximum absolute atomic E-state index is 6.44. The fourth-order valence-electron chi connectivity index (χ4n) is 2.85. The van der Waals surface area contributed by atoms with Gasteiger partial charge in [-0.1, -0.05) is 32.9 Å². The van der Waals surface area contributed by atoms with Crippen LogP contribution in [-0.2, 0) is 0 Å². The Morgan fingerprint density at radius 2 is 1.70 bits per heavy atom. The van der Waals surface area contributed by atoms with Crippen molar-refractivity contribution in [3.8, 4) is 17.1 Å². The molecule has 27 heavy (non-hydrogen) atoms. The maximum Gasteiger partial charge on any atom is 0.250 e. The van der Waals surface area contributed by atoms with E-state index in [9.17, 15) is 0 Å². The molecule has 138 valence electrons. The smallest absolute Gasteiger partial charge is 0.250 e. The minimum absolute atomic E-state index is 0.173. The maximum atomic E-state index is 6.44. The van der Waals surface area contributed by atoms with Gasteiger partial charge in [-0.15, -0.1) is 0 Å². The first kappa shape index (κ1) is 17.7. The second-order valence-corrected chi connectivity index (χ2v) is 13.3. The molecular weight excluding hydrogens is 350 g/mol. The topological polar surface area (TPSA) is 50.8 Å². The highest BCUT2D eigenvalue weighted by atomic mass is 28.4. The van der Waals surface area contributed by atoms with Crippen molar-refractivity contribution in [1.82, 2.24) is 15.0 Å². The number of fused-ring (bicyclic) bond motifs is 2. The van der Waals surface area contributed by atoms with Crippen molar-refractivity contribution < 1.29 is 4.43 Å². The molecule has 0 fully saturated rings. The van der Waals surface area contributed by atoms with Gasteiger partial charge in [-0.3, -0.25) is 4.98 Å². The molecule has 0 atom stereocenters. The summed E-state index contributed by atoms with van der Waals surface area (Å²) in [5, 5.41) is 1.29. The molecule has 0 aliphatic heterocycles. The number of hydrogen-bond acceptors (Lipinski definition) is 3. The molecule has 0 aliphatic carbocycles. The van der Waals surface area contributed by atoms with Crippen LogP contribution in [-0.4, -0.2) is 23.3 Å². The van der Waals surface area contributed by atoms with Crippen LogP contribution in [0.3, 0.4) is 0 Å². The van der Waals surface area contributed by atoms with Crippen LogP contribution in [0.4, 0.5) is 0 Å². The molecule has 4 aromatic rings. The lowest BCUT2D eigenvalue weighted by atomic mass is 10.2. The van der Waals surface area contributed by atoms with Gasteiger partial charge >= 0.3 is 0 Å². The largest absolute Gasteiger partial charge is 0.543 e. The van der Waals surface area contributed by atoms with Crippen molar-refractivity contribution in [2.24, 2.45) is 0 Å². The summed E-state index contributed by atoms with van der Waals surface area (Å²) in [7, 11) is -1.85. The summed E-state index contributed by atoms with van der Waals surface area (Å²) in [4.78, 5) is 12.7. The molecule has 4 rings (SSSR count). The Labute approximate surface area is 160 Å². The summed E-state index contributed by atoms with van der Waals surface area (Å²) >= 11 is 0. The Bertz CT molecular complexity index is 1130. The molecule has 0 aliphatic rings. The third kappa shape index (κ3) is 3.35. The van der Waals surface area contributed by atoms with Crippen LogP contribution in [0, 0.1) is 0 Å². The molecule has 1 N–H and O–H groups in total. The molecule has 0 bridgehead atoms. The summed E-state index contributed by atoms with van der Waals surface area (Å²) in [6.45, 7) is 11.3. The minimum atomic E-state index is -1.85. The molecule has 2 aromatic heterocycles. The van der Waals surface area contributed by atoms with Gasteiger partial charge in [-0.05, 0) is 54.5 Å². The predicted molar refractivity (Wildman–Crippen MR) is 115 cm³/mol. The van der Waals surface area contributed by atoms with E-state index in [1.54, 1.807) is 0 Å². The number of aromatic amines is 1. The van der Waals surface area contributed by atoms with E-state index < -0.39 is 8.32 Å². The lowest BCUT2D eigenvalue weighted by Gasteiger charge is -2.36. The average Bonchev–Trinajstić information content (AvgIpc) is 3.03. The molecule has 0 saturated carbocycles. The monoisotopic (exact) mass is 375 g/mol. The Hall–Kier alpha value is -2.66. The van der Waals surface area contributed by atoms with Crippen molar-refractivity contribution >= 4 is 30.3 Å². The number of para-hydroxylation sites is 2. The van der Waals surface area contributed by atoms with E-state index in [1.165, 1.54) is 0 Å². The van der Waals surface area contributed by atoms with E-state index in [0.29, 0.717) is 0 Å². The summed E-state index contributed by atoms with van der Waals surface area (Å²) in [5.74, 6) is 0.934. The number of H-pyrrole nitrogens is 1. The molecule has 5 heteroatoms. The molecule has 4 nitrogen and oxygen atoms in total. The number of hydrogen-bond donors (Lipinski definition) is 1. The fourth-order valence-corrected chi connectivity index (χ4v) is 3.87. The number of nitrogens with one attached hydrogen (secondary N) is 1. The quantitative estimate of drug-likeness (QED) is 0.436. The third-order valence-electron chi connectivity index (χ3n) is 5.50. The zero-order valence-electron chi connectivity index (χ0n) is 16.5. The zero-order valence-corrected chi connectivity index (χ0v) is 17.5. The second-order valence-electron chi connectivity index (χ2n) is 8.54. The van der Waals surface area contributed by atoms with Crippen LogP contribution >= 0.6 is 0 Å². The van der Waals surface area contributed by atoms with Gasteiger partial charge in [0.25, 0.3) is 0 Å². The standard InChI is InChI=1S/C22H25N3OSi/c1-22(2,3)27(4,5)26-16-10-11-17-15(12-16)13-20(24-17)21-14-23-18-8-6-7-9-19(18)25-21/h6-14,24H,1-5H3. The lowest BCUT2D eigenvalue weighted by Crippen LogP contribution is -2.43. The van der Waals surface area contributed by atoms with Crippen LogP contribution < -0.4 is 4.43 Å². The van der Waals surface area contributed by atoms with Gasteiger partial charge in [0.2, 0.25) is 8.32 Å². The van der Waals surface area contributed by atoms with Crippen LogP contribution in [0.5, 0.6) is 5.75 Å². The van der Waals surface area contributed by atoms with Gasteiger partial charge in [0.05, 0.1) is 22.9 Å². The van der Waals surface area contributed by atoms with Crippen LogP contribution in [0.2, 0.25) is 18.1 Å². The van der Waals surface area contributed by atoms with Crippen LogP contribution in [0.1, 0.15) is 20.8 Å². The Morgan fingerprint density at radius 3 is 2.44 bits per heavy atom. The Morgan fingerprint density at radius 1 is 0.963 bits per heavy atom. The first-order chi connectivity index (χ1) is 12.7. The van der Waals surface area contributed by atoms with Crippen molar-refractivity contribution in [2.75, 3.05) is 0 Å². The van der Waals surface area contributed by atoms with E-state index in [0.717, 1.165) is 39.1 Å². The van der Waals surface area contributed by atoms with E-state index in [1.807, 2.05) is 30.5 Å². The second kappa shape index (κ2) is 6.20. The number of aromatic nitrogens is 3. The first-order valence-electron chi connectivity index (χ1n) is 9.27. The van der Waals surface area contributed by atoms with E-state index in [4.69, 9.17) is 9.41 Å². The lowest BCUT2D eigenvalue weighted by molar-refractivity contribution is 0.493. The SMILES string of the molecule is CC(C)(C)[Si](C)(C)Oc1ccc2[nH]c(-c3cnc4ccccc4n3)cc2c1. The highest BCUT2D eigenvalue weighted by Gasteiger charge is 2.38. The van der Waals surface area contributed by atoms with Gasteiger partial charge in [0.15, 0.2) is 0 Å². The molecule has 0 unspecified atom stereocenters. The van der Waals surface area contributed by atoms with E-state index in [-0.39, 0.29) is 5.04 Å².